The van der Waals surface area contributed by atoms with Crippen molar-refractivity contribution in [3.63, 3.8) is 0 Å². The maximum absolute atomic E-state index is 13.4. The lowest BCUT2D eigenvalue weighted by Gasteiger charge is -2.35. The third kappa shape index (κ3) is 4.37. The van der Waals surface area contributed by atoms with Gasteiger partial charge in [0.25, 0.3) is 5.91 Å². The number of hydrogen-bond acceptors (Lipinski definition) is 4. The average Bonchev–Trinajstić information content (AvgIpc) is 3.20. The van der Waals surface area contributed by atoms with E-state index in [0.29, 0.717) is 5.69 Å². The highest BCUT2D eigenvalue weighted by Crippen LogP contribution is 2.29. The van der Waals surface area contributed by atoms with Gasteiger partial charge in [0, 0.05) is 48.8 Å². The van der Waals surface area contributed by atoms with Gasteiger partial charge in [0.15, 0.2) is 5.69 Å². The van der Waals surface area contributed by atoms with Gasteiger partial charge in [0.2, 0.25) is 0 Å². The fourth-order valence-corrected chi connectivity index (χ4v) is 4.90. The van der Waals surface area contributed by atoms with E-state index in [2.05, 4.69) is 40.3 Å². The number of aromatic nitrogens is 2. The molecule has 0 spiro atoms. The molecule has 6 nitrogen and oxygen atoms in total. The van der Waals surface area contributed by atoms with Crippen molar-refractivity contribution in [2.75, 3.05) is 43.4 Å². The molecule has 1 fully saturated rings. The lowest BCUT2D eigenvalue weighted by Crippen LogP contribution is -2.44. The summed E-state index contributed by atoms with van der Waals surface area (Å²) in [4.78, 5) is 18.0. The quantitative estimate of drug-likeness (QED) is 0.651. The van der Waals surface area contributed by atoms with Crippen LogP contribution >= 0.6 is 0 Å². The van der Waals surface area contributed by atoms with E-state index in [4.69, 9.17) is 0 Å². The van der Waals surface area contributed by atoms with E-state index in [-0.39, 0.29) is 11.7 Å². The van der Waals surface area contributed by atoms with E-state index in [9.17, 15) is 9.18 Å². The fraction of sp³-hybridized carbons (Fsp3) is 0.385. The number of aryl methyl sites for hydroxylation is 1. The zero-order valence-corrected chi connectivity index (χ0v) is 19.3. The number of carbonyl (C=O) groups excluding carboxylic acids is 1. The van der Waals surface area contributed by atoms with Crippen molar-refractivity contribution in [1.29, 1.82) is 0 Å². The van der Waals surface area contributed by atoms with Crippen molar-refractivity contribution >= 4 is 17.3 Å². The van der Waals surface area contributed by atoms with Crippen LogP contribution < -0.4 is 10.2 Å². The first-order chi connectivity index (χ1) is 16.0. The first-order valence-corrected chi connectivity index (χ1v) is 11.7. The van der Waals surface area contributed by atoms with Crippen molar-refractivity contribution in [1.82, 2.24) is 14.7 Å². The SMILES string of the molecule is Cc1cc(NC(=O)c2nn(-c3ccc(F)cc3)c3c2CCCC3)ccc1N1CCN(C)CC1. The zero-order chi connectivity index (χ0) is 22.9. The molecule has 0 radical (unpaired) electrons. The molecule has 2 aliphatic rings. The number of amides is 1. The van der Waals surface area contributed by atoms with Crippen molar-refractivity contribution < 1.29 is 9.18 Å². The number of nitrogens with zero attached hydrogens (tertiary/aromatic N) is 4. The summed E-state index contributed by atoms with van der Waals surface area (Å²) < 4.78 is 15.2. The first-order valence-electron chi connectivity index (χ1n) is 11.7. The van der Waals surface area contributed by atoms with Crippen LogP contribution in [-0.4, -0.2) is 53.8 Å². The normalized spacial score (nSPS) is 16.5. The lowest BCUT2D eigenvalue weighted by atomic mass is 9.95. The number of benzene rings is 2. The van der Waals surface area contributed by atoms with Crippen molar-refractivity contribution in [3.05, 3.63) is 70.8 Å². The van der Waals surface area contributed by atoms with Crippen molar-refractivity contribution in [2.24, 2.45) is 0 Å². The molecule has 0 bridgehead atoms. The van der Waals surface area contributed by atoms with Gasteiger partial charge in [0.1, 0.15) is 5.82 Å². The summed E-state index contributed by atoms with van der Waals surface area (Å²) >= 11 is 0. The number of carbonyl (C=O) groups is 1. The molecule has 1 saturated heterocycles. The van der Waals surface area contributed by atoms with Gasteiger partial charge in [-0.2, -0.15) is 5.10 Å². The Morgan fingerprint density at radius 1 is 1.00 bits per heavy atom. The Labute approximate surface area is 194 Å². The second-order valence-corrected chi connectivity index (χ2v) is 9.11. The predicted octanol–water partition coefficient (Wildman–Crippen LogP) is 4.20. The summed E-state index contributed by atoms with van der Waals surface area (Å²) in [6, 6.07) is 12.4. The van der Waals surface area contributed by atoms with Crippen molar-refractivity contribution in [2.45, 2.75) is 32.6 Å². The first kappa shape index (κ1) is 21.6. The summed E-state index contributed by atoms with van der Waals surface area (Å²) in [7, 11) is 2.15. The monoisotopic (exact) mass is 447 g/mol. The summed E-state index contributed by atoms with van der Waals surface area (Å²) in [5, 5.41) is 7.74. The Morgan fingerprint density at radius 3 is 2.45 bits per heavy atom. The standard InChI is InChI=1S/C26H30FN5O/c1-18-17-20(9-12-23(18)31-15-13-30(2)14-16-31)28-26(33)25-22-5-3-4-6-24(22)32(29-25)21-10-7-19(27)8-11-21/h7-12,17H,3-6,13-16H2,1-2H3,(H,28,33). The molecule has 0 unspecified atom stereocenters. The maximum atomic E-state index is 13.4. The minimum absolute atomic E-state index is 0.194. The minimum Gasteiger partial charge on any atom is -0.369 e. The number of fused-ring (bicyclic) bond motifs is 1. The molecule has 1 amide bonds. The van der Waals surface area contributed by atoms with Gasteiger partial charge < -0.3 is 15.1 Å². The van der Waals surface area contributed by atoms with Crippen LogP contribution in [0.1, 0.15) is 40.2 Å². The molecule has 2 heterocycles. The number of nitrogens with one attached hydrogen (secondary N) is 1. The third-order valence-corrected chi connectivity index (χ3v) is 6.77. The largest absolute Gasteiger partial charge is 0.369 e. The van der Waals surface area contributed by atoms with Crippen LogP contribution in [0.5, 0.6) is 0 Å². The van der Waals surface area contributed by atoms with E-state index < -0.39 is 0 Å². The smallest absolute Gasteiger partial charge is 0.276 e. The molecule has 3 aromatic rings. The molecule has 7 heteroatoms. The van der Waals surface area contributed by atoms with Gasteiger partial charge >= 0.3 is 0 Å². The van der Waals surface area contributed by atoms with E-state index in [1.54, 1.807) is 12.1 Å². The average molecular weight is 448 g/mol. The number of halogens is 1. The van der Waals surface area contributed by atoms with Crippen LogP contribution in [0.15, 0.2) is 42.5 Å². The molecule has 1 aliphatic heterocycles. The van der Waals surface area contributed by atoms with Crippen LogP contribution in [0.3, 0.4) is 0 Å². The van der Waals surface area contributed by atoms with Crippen molar-refractivity contribution in [3.8, 4) is 5.69 Å². The highest BCUT2D eigenvalue weighted by molar-refractivity contribution is 6.04. The van der Waals surface area contributed by atoms with Crippen LogP contribution in [0.2, 0.25) is 0 Å². The summed E-state index contributed by atoms with van der Waals surface area (Å²) in [6.07, 6.45) is 3.81. The van der Waals surface area contributed by atoms with Gasteiger partial charge in [-0.1, -0.05) is 0 Å². The minimum atomic E-state index is -0.284. The summed E-state index contributed by atoms with van der Waals surface area (Å²) in [5.74, 6) is -0.478. The van der Waals surface area contributed by atoms with E-state index in [1.165, 1.54) is 17.8 Å². The van der Waals surface area contributed by atoms with Gasteiger partial charge in [-0.3, -0.25) is 4.79 Å². The molecule has 0 saturated carbocycles. The van der Waals surface area contributed by atoms with E-state index in [0.717, 1.165) is 80.1 Å². The number of anilines is 2. The number of piperazine rings is 1. The molecule has 1 N–H and O–H groups in total. The third-order valence-electron chi connectivity index (χ3n) is 6.77. The maximum Gasteiger partial charge on any atom is 0.276 e. The number of rotatable bonds is 4. The highest BCUT2D eigenvalue weighted by Gasteiger charge is 2.26. The van der Waals surface area contributed by atoms with Gasteiger partial charge in [-0.25, -0.2) is 9.07 Å². The Balaban J connectivity index is 1.39. The molecule has 33 heavy (non-hydrogen) atoms. The Bertz CT molecular complexity index is 1160. The molecular formula is C26H30FN5O. The molecule has 0 atom stereocenters. The number of likely N-dealkylation sites (N-methyl/N-ethyl adjacent to an activating group) is 1. The van der Waals surface area contributed by atoms with Gasteiger partial charge in [-0.15, -0.1) is 0 Å². The van der Waals surface area contributed by atoms with Crippen LogP contribution in [0.25, 0.3) is 5.69 Å². The second-order valence-electron chi connectivity index (χ2n) is 9.11. The van der Waals surface area contributed by atoms with E-state index >= 15 is 0 Å². The Morgan fingerprint density at radius 2 is 1.73 bits per heavy atom. The molecule has 2 aromatic carbocycles. The summed E-state index contributed by atoms with van der Waals surface area (Å²) in [5.41, 5.74) is 6.45. The second kappa shape index (κ2) is 8.98. The predicted molar refractivity (Wildman–Crippen MR) is 129 cm³/mol. The highest BCUT2D eigenvalue weighted by atomic mass is 19.1. The molecule has 5 rings (SSSR count). The zero-order valence-electron chi connectivity index (χ0n) is 19.3. The molecular weight excluding hydrogens is 417 g/mol. The van der Waals surface area contributed by atoms with Crippen LogP contribution in [0, 0.1) is 12.7 Å². The van der Waals surface area contributed by atoms with E-state index in [1.807, 2.05) is 16.8 Å². The molecule has 172 valence electrons. The number of hydrogen-bond donors (Lipinski definition) is 1. The molecule has 1 aromatic heterocycles. The Kier molecular flexibility index (Phi) is 5.89. The lowest BCUT2D eigenvalue weighted by molar-refractivity contribution is 0.102. The van der Waals surface area contributed by atoms with Gasteiger partial charge in [0.05, 0.1) is 5.69 Å². The topological polar surface area (TPSA) is 53.4 Å². The van der Waals surface area contributed by atoms with Crippen LogP contribution in [0.4, 0.5) is 15.8 Å². The Hall–Kier alpha value is -3.19. The summed E-state index contributed by atoms with van der Waals surface area (Å²) in [6.45, 7) is 6.22. The molecule has 1 aliphatic carbocycles. The van der Waals surface area contributed by atoms with Gasteiger partial charge in [-0.05, 0) is 87.7 Å². The van der Waals surface area contributed by atoms with Crippen LogP contribution in [-0.2, 0) is 12.8 Å². The fourth-order valence-electron chi connectivity index (χ4n) is 4.90.